The van der Waals surface area contributed by atoms with Crippen molar-refractivity contribution in [2.75, 3.05) is 13.2 Å². The molecule has 1 aliphatic rings. The Hall–Kier alpha value is -0.380. The maximum atomic E-state index is 10.3. The predicted octanol–water partition coefficient (Wildman–Crippen LogP) is 2.14. The van der Waals surface area contributed by atoms with Crippen LogP contribution in [-0.2, 0) is 10.3 Å². The maximum absolute atomic E-state index is 10.3. The molecule has 2 heterocycles. The first-order valence-electron chi connectivity index (χ1n) is 4.65. The van der Waals surface area contributed by atoms with E-state index in [4.69, 9.17) is 4.74 Å². The Labute approximate surface area is 82.2 Å². The van der Waals surface area contributed by atoms with Crippen LogP contribution >= 0.6 is 11.3 Å². The van der Waals surface area contributed by atoms with Crippen LogP contribution in [0, 0.1) is 0 Å². The number of ether oxygens (including phenoxy) is 1. The van der Waals surface area contributed by atoms with E-state index >= 15 is 0 Å². The van der Waals surface area contributed by atoms with Gasteiger partial charge in [-0.15, -0.1) is 11.3 Å². The summed E-state index contributed by atoms with van der Waals surface area (Å²) in [5, 5.41) is 12.4. The summed E-state index contributed by atoms with van der Waals surface area (Å²) in [6.45, 7) is 1.46. The smallest absolute Gasteiger partial charge is 0.101 e. The number of hydrogen-bond acceptors (Lipinski definition) is 3. The average Bonchev–Trinajstić information content (AvgIpc) is 2.57. The van der Waals surface area contributed by atoms with Crippen molar-refractivity contribution in [1.29, 1.82) is 0 Å². The van der Waals surface area contributed by atoms with Gasteiger partial charge in [0.05, 0.1) is 0 Å². The van der Waals surface area contributed by atoms with Gasteiger partial charge in [0.15, 0.2) is 0 Å². The lowest BCUT2D eigenvalue weighted by Gasteiger charge is -2.24. The zero-order valence-electron chi connectivity index (χ0n) is 7.53. The first-order chi connectivity index (χ1) is 6.31. The zero-order chi connectivity index (χ0) is 9.15. The molecule has 1 unspecified atom stereocenters. The highest BCUT2D eigenvalue weighted by atomic mass is 32.1. The van der Waals surface area contributed by atoms with E-state index in [-0.39, 0.29) is 0 Å². The number of hydrogen-bond donors (Lipinski definition) is 1. The second-order valence-corrected chi connectivity index (χ2v) is 4.42. The third-order valence-corrected chi connectivity index (χ3v) is 3.58. The van der Waals surface area contributed by atoms with Crippen LogP contribution in [0.25, 0.3) is 0 Å². The van der Waals surface area contributed by atoms with Gasteiger partial charge < -0.3 is 9.84 Å². The second kappa shape index (κ2) is 3.78. The molecule has 0 aliphatic carbocycles. The summed E-state index contributed by atoms with van der Waals surface area (Å²) in [5.74, 6) is 0. The molecule has 2 rings (SSSR count). The van der Waals surface area contributed by atoms with Crippen molar-refractivity contribution in [2.24, 2.45) is 0 Å². The number of rotatable bonds is 1. The van der Waals surface area contributed by atoms with Crippen LogP contribution in [-0.4, -0.2) is 18.3 Å². The minimum atomic E-state index is -0.620. The minimum Gasteiger partial charge on any atom is -0.384 e. The Kier molecular flexibility index (Phi) is 2.67. The van der Waals surface area contributed by atoms with Gasteiger partial charge in [-0.25, -0.2) is 0 Å². The highest BCUT2D eigenvalue weighted by Crippen LogP contribution is 2.34. The largest absolute Gasteiger partial charge is 0.384 e. The van der Waals surface area contributed by atoms with E-state index in [2.05, 4.69) is 0 Å². The fraction of sp³-hybridized carbons (Fsp3) is 0.600. The van der Waals surface area contributed by atoms with Crippen molar-refractivity contribution >= 4 is 11.3 Å². The van der Waals surface area contributed by atoms with Crippen molar-refractivity contribution in [3.05, 3.63) is 22.4 Å². The quantitative estimate of drug-likeness (QED) is 0.749. The average molecular weight is 198 g/mol. The molecule has 2 nitrogen and oxygen atoms in total. The number of thiophene rings is 1. The summed E-state index contributed by atoms with van der Waals surface area (Å²) < 4.78 is 5.33. The monoisotopic (exact) mass is 198 g/mol. The lowest BCUT2D eigenvalue weighted by molar-refractivity contribution is 0.0178. The van der Waals surface area contributed by atoms with Gasteiger partial charge in [0.25, 0.3) is 0 Å². The molecule has 0 radical (unpaired) electrons. The lowest BCUT2D eigenvalue weighted by Crippen LogP contribution is -2.24. The van der Waals surface area contributed by atoms with Crippen molar-refractivity contribution in [3.8, 4) is 0 Å². The zero-order valence-corrected chi connectivity index (χ0v) is 8.35. The van der Waals surface area contributed by atoms with Gasteiger partial charge in [-0.1, -0.05) is 6.07 Å². The standard InChI is InChI=1S/C10H14O2S/c11-10(9-3-1-8-13-9)4-2-6-12-7-5-10/h1,3,8,11H,2,4-7H2. The molecule has 1 saturated heterocycles. The Morgan fingerprint density at radius 2 is 2.31 bits per heavy atom. The molecule has 0 saturated carbocycles. The SMILES string of the molecule is OC1(c2cccs2)CCCOCC1. The first-order valence-corrected chi connectivity index (χ1v) is 5.53. The van der Waals surface area contributed by atoms with Crippen LogP contribution in [0.4, 0.5) is 0 Å². The van der Waals surface area contributed by atoms with E-state index in [9.17, 15) is 5.11 Å². The summed E-state index contributed by atoms with van der Waals surface area (Å²) in [5.41, 5.74) is -0.620. The first kappa shape index (κ1) is 9.19. The van der Waals surface area contributed by atoms with Crippen LogP contribution < -0.4 is 0 Å². The Morgan fingerprint density at radius 1 is 1.38 bits per heavy atom. The van der Waals surface area contributed by atoms with Gasteiger partial charge in [-0.3, -0.25) is 0 Å². The van der Waals surface area contributed by atoms with Gasteiger partial charge in [-0.2, -0.15) is 0 Å². The van der Waals surface area contributed by atoms with E-state index in [1.807, 2.05) is 17.5 Å². The van der Waals surface area contributed by atoms with Gasteiger partial charge in [-0.05, 0) is 24.3 Å². The van der Waals surface area contributed by atoms with E-state index < -0.39 is 5.60 Å². The van der Waals surface area contributed by atoms with E-state index in [1.54, 1.807) is 11.3 Å². The molecular formula is C10H14O2S. The molecular weight excluding hydrogens is 184 g/mol. The molecule has 0 aromatic carbocycles. The molecule has 13 heavy (non-hydrogen) atoms. The van der Waals surface area contributed by atoms with E-state index in [0.29, 0.717) is 6.61 Å². The summed E-state index contributed by atoms with van der Waals surface area (Å²) in [6, 6.07) is 4.00. The van der Waals surface area contributed by atoms with Crippen LogP contribution in [0.3, 0.4) is 0 Å². The highest BCUT2D eigenvalue weighted by molar-refractivity contribution is 7.10. The van der Waals surface area contributed by atoms with Gasteiger partial charge in [0.1, 0.15) is 5.60 Å². The van der Waals surface area contributed by atoms with Gasteiger partial charge >= 0.3 is 0 Å². The second-order valence-electron chi connectivity index (χ2n) is 3.47. The maximum Gasteiger partial charge on any atom is 0.101 e. The molecule has 0 bridgehead atoms. The summed E-state index contributed by atoms with van der Waals surface area (Å²) in [4.78, 5) is 1.08. The molecule has 1 aromatic heterocycles. The van der Waals surface area contributed by atoms with Crippen molar-refractivity contribution in [1.82, 2.24) is 0 Å². The fourth-order valence-electron chi connectivity index (χ4n) is 1.72. The molecule has 1 fully saturated rings. The predicted molar refractivity (Wildman–Crippen MR) is 52.9 cm³/mol. The Bertz CT molecular complexity index is 248. The molecule has 3 heteroatoms. The molecule has 1 aromatic rings. The number of aliphatic hydroxyl groups is 1. The Morgan fingerprint density at radius 3 is 3.08 bits per heavy atom. The lowest BCUT2D eigenvalue weighted by atomic mass is 9.93. The third-order valence-electron chi connectivity index (χ3n) is 2.52. The molecule has 1 atom stereocenters. The van der Waals surface area contributed by atoms with E-state index in [1.165, 1.54) is 0 Å². The summed E-state index contributed by atoms with van der Waals surface area (Å²) in [7, 11) is 0. The van der Waals surface area contributed by atoms with Gasteiger partial charge in [0, 0.05) is 24.5 Å². The summed E-state index contributed by atoms with van der Waals surface area (Å²) >= 11 is 1.63. The molecule has 1 N–H and O–H groups in total. The normalized spacial score (nSPS) is 29.9. The van der Waals surface area contributed by atoms with Gasteiger partial charge in [0.2, 0.25) is 0 Å². The molecule has 0 spiro atoms. The van der Waals surface area contributed by atoms with Crippen LogP contribution in [0.1, 0.15) is 24.1 Å². The van der Waals surface area contributed by atoms with Crippen molar-refractivity contribution in [2.45, 2.75) is 24.9 Å². The minimum absolute atomic E-state index is 0.620. The van der Waals surface area contributed by atoms with Crippen LogP contribution in [0.2, 0.25) is 0 Å². The highest BCUT2D eigenvalue weighted by Gasteiger charge is 2.30. The molecule has 0 amide bonds. The summed E-state index contributed by atoms with van der Waals surface area (Å²) in [6.07, 6.45) is 2.51. The van der Waals surface area contributed by atoms with Crippen LogP contribution in [0.15, 0.2) is 17.5 Å². The van der Waals surface area contributed by atoms with Crippen LogP contribution in [0.5, 0.6) is 0 Å². The topological polar surface area (TPSA) is 29.5 Å². The Balaban J connectivity index is 2.17. The molecule has 72 valence electrons. The molecule has 1 aliphatic heterocycles. The van der Waals surface area contributed by atoms with Crippen molar-refractivity contribution in [3.63, 3.8) is 0 Å². The fourth-order valence-corrected chi connectivity index (χ4v) is 2.61. The third kappa shape index (κ3) is 1.93. The van der Waals surface area contributed by atoms with Crippen molar-refractivity contribution < 1.29 is 9.84 Å². The van der Waals surface area contributed by atoms with E-state index in [0.717, 1.165) is 30.7 Å².